The van der Waals surface area contributed by atoms with Crippen molar-refractivity contribution in [3.05, 3.63) is 0 Å². The van der Waals surface area contributed by atoms with Crippen LogP contribution in [0.25, 0.3) is 0 Å². The molecule has 0 aromatic carbocycles. The number of amides is 1. The highest BCUT2D eigenvalue weighted by Crippen LogP contribution is 2.29. The summed E-state index contributed by atoms with van der Waals surface area (Å²) >= 11 is 0. The molecule has 0 spiro atoms. The summed E-state index contributed by atoms with van der Waals surface area (Å²) in [4.78, 5) is 12.1. The van der Waals surface area contributed by atoms with Gasteiger partial charge in [-0.05, 0) is 25.7 Å². The Balaban J connectivity index is 1.91. The molecular weight excluding hydrogens is 204 g/mol. The van der Waals surface area contributed by atoms with Crippen molar-refractivity contribution in [3.63, 3.8) is 0 Å². The van der Waals surface area contributed by atoms with Crippen LogP contribution in [0.2, 0.25) is 0 Å². The first kappa shape index (κ1) is 11.9. The lowest BCUT2D eigenvalue weighted by atomic mass is 9.96. The Bertz CT molecular complexity index is 262. The van der Waals surface area contributed by atoms with Gasteiger partial charge in [-0.2, -0.15) is 0 Å². The van der Waals surface area contributed by atoms with E-state index < -0.39 is 5.54 Å². The minimum absolute atomic E-state index is 0.00431. The molecule has 92 valence electrons. The molecule has 0 aromatic heterocycles. The molecule has 0 radical (unpaired) electrons. The second-order valence-corrected chi connectivity index (χ2v) is 5.32. The maximum atomic E-state index is 12.1. The van der Waals surface area contributed by atoms with Crippen LogP contribution in [0.1, 0.15) is 44.9 Å². The van der Waals surface area contributed by atoms with Gasteiger partial charge in [-0.3, -0.25) is 4.79 Å². The molecule has 2 saturated carbocycles. The normalized spacial score (nSPS) is 32.9. The standard InChI is InChI=1S/C12H22N2O2/c13-12(6-1-2-7-12)11(16)14-10-5-3-4-9(10)8-15/h9-10,15H,1-8,13H2,(H,14,16). The van der Waals surface area contributed by atoms with E-state index in [0.29, 0.717) is 0 Å². The summed E-state index contributed by atoms with van der Waals surface area (Å²) in [6.45, 7) is 0.169. The minimum atomic E-state index is -0.636. The third-order valence-electron chi connectivity index (χ3n) is 4.16. The van der Waals surface area contributed by atoms with Gasteiger partial charge in [0.25, 0.3) is 0 Å². The summed E-state index contributed by atoms with van der Waals surface area (Å²) in [7, 11) is 0. The molecular formula is C12H22N2O2. The fraction of sp³-hybridized carbons (Fsp3) is 0.917. The molecule has 2 aliphatic carbocycles. The van der Waals surface area contributed by atoms with Crippen molar-refractivity contribution in [2.45, 2.75) is 56.5 Å². The van der Waals surface area contributed by atoms with E-state index in [4.69, 9.17) is 5.73 Å². The third kappa shape index (κ3) is 2.23. The van der Waals surface area contributed by atoms with Gasteiger partial charge < -0.3 is 16.2 Å². The number of nitrogens with two attached hydrogens (primary N) is 1. The van der Waals surface area contributed by atoms with Crippen molar-refractivity contribution >= 4 is 5.91 Å². The lowest BCUT2D eigenvalue weighted by Crippen LogP contribution is -2.55. The first-order valence-electron chi connectivity index (χ1n) is 6.36. The van der Waals surface area contributed by atoms with Crippen LogP contribution in [0, 0.1) is 5.92 Å². The lowest BCUT2D eigenvalue weighted by Gasteiger charge is -2.27. The van der Waals surface area contributed by atoms with E-state index >= 15 is 0 Å². The first-order valence-corrected chi connectivity index (χ1v) is 6.36. The summed E-state index contributed by atoms with van der Waals surface area (Å²) in [6.07, 6.45) is 6.79. The minimum Gasteiger partial charge on any atom is -0.396 e. The fourth-order valence-corrected chi connectivity index (χ4v) is 2.99. The Morgan fingerprint density at radius 2 is 2.00 bits per heavy atom. The molecule has 2 unspecified atom stereocenters. The molecule has 2 rings (SSSR count). The third-order valence-corrected chi connectivity index (χ3v) is 4.16. The fourth-order valence-electron chi connectivity index (χ4n) is 2.99. The van der Waals surface area contributed by atoms with Gasteiger partial charge in [-0.1, -0.05) is 19.3 Å². The molecule has 2 atom stereocenters. The van der Waals surface area contributed by atoms with Crippen LogP contribution >= 0.6 is 0 Å². The Hall–Kier alpha value is -0.610. The quantitative estimate of drug-likeness (QED) is 0.657. The van der Waals surface area contributed by atoms with E-state index in [1.807, 2.05) is 0 Å². The zero-order chi connectivity index (χ0) is 11.6. The van der Waals surface area contributed by atoms with Gasteiger partial charge in [0, 0.05) is 18.6 Å². The summed E-state index contributed by atoms with van der Waals surface area (Å²) in [5.41, 5.74) is 5.46. The van der Waals surface area contributed by atoms with Gasteiger partial charge in [0.15, 0.2) is 0 Å². The molecule has 0 heterocycles. The van der Waals surface area contributed by atoms with Crippen molar-refractivity contribution in [3.8, 4) is 0 Å². The Morgan fingerprint density at radius 1 is 1.31 bits per heavy atom. The number of rotatable bonds is 3. The van der Waals surface area contributed by atoms with Crippen LogP contribution in [0.3, 0.4) is 0 Å². The molecule has 2 fully saturated rings. The molecule has 2 aliphatic rings. The summed E-state index contributed by atoms with van der Waals surface area (Å²) in [6, 6.07) is 0.138. The molecule has 1 amide bonds. The van der Waals surface area contributed by atoms with Crippen molar-refractivity contribution in [2.24, 2.45) is 11.7 Å². The first-order chi connectivity index (χ1) is 7.65. The Morgan fingerprint density at radius 3 is 2.62 bits per heavy atom. The number of carbonyl (C=O) groups is 1. The lowest BCUT2D eigenvalue weighted by molar-refractivity contribution is -0.127. The number of nitrogens with one attached hydrogen (secondary N) is 1. The average Bonchev–Trinajstić information content (AvgIpc) is 2.87. The van der Waals surface area contributed by atoms with Crippen LogP contribution < -0.4 is 11.1 Å². The molecule has 4 N–H and O–H groups in total. The van der Waals surface area contributed by atoms with E-state index in [9.17, 15) is 9.90 Å². The number of aliphatic hydroxyl groups excluding tert-OH is 1. The summed E-state index contributed by atoms with van der Waals surface area (Å²) in [5, 5.41) is 12.2. The molecule has 0 aromatic rings. The molecule has 16 heavy (non-hydrogen) atoms. The van der Waals surface area contributed by atoms with Gasteiger partial charge in [0.1, 0.15) is 0 Å². The molecule has 4 heteroatoms. The van der Waals surface area contributed by atoms with Gasteiger partial charge in [-0.15, -0.1) is 0 Å². The predicted octanol–water partition coefficient (Wildman–Crippen LogP) is 0.535. The van der Waals surface area contributed by atoms with Crippen LogP contribution in [-0.2, 0) is 4.79 Å². The Labute approximate surface area is 96.6 Å². The topological polar surface area (TPSA) is 75.4 Å². The maximum Gasteiger partial charge on any atom is 0.240 e. The number of hydrogen-bond donors (Lipinski definition) is 3. The smallest absolute Gasteiger partial charge is 0.240 e. The van der Waals surface area contributed by atoms with Gasteiger partial charge in [0.05, 0.1) is 5.54 Å². The molecule has 0 saturated heterocycles. The second kappa shape index (κ2) is 4.72. The SMILES string of the molecule is NC1(C(=O)NC2CCCC2CO)CCCC1. The highest BCUT2D eigenvalue weighted by atomic mass is 16.3. The monoisotopic (exact) mass is 226 g/mol. The largest absolute Gasteiger partial charge is 0.396 e. The van der Waals surface area contributed by atoms with Crippen molar-refractivity contribution in [2.75, 3.05) is 6.61 Å². The molecule has 0 bridgehead atoms. The van der Waals surface area contributed by atoms with Gasteiger partial charge in [-0.25, -0.2) is 0 Å². The van der Waals surface area contributed by atoms with E-state index in [1.54, 1.807) is 0 Å². The number of aliphatic hydroxyl groups is 1. The predicted molar refractivity (Wildman–Crippen MR) is 61.7 cm³/mol. The highest BCUT2D eigenvalue weighted by molar-refractivity contribution is 5.86. The zero-order valence-electron chi connectivity index (χ0n) is 9.74. The average molecular weight is 226 g/mol. The van der Waals surface area contributed by atoms with Crippen LogP contribution in [0.5, 0.6) is 0 Å². The van der Waals surface area contributed by atoms with Crippen LogP contribution in [0.4, 0.5) is 0 Å². The highest BCUT2D eigenvalue weighted by Gasteiger charge is 2.39. The van der Waals surface area contributed by atoms with Crippen molar-refractivity contribution in [1.82, 2.24) is 5.32 Å². The number of carbonyl (C=O) groups excluding carboxylic acids is 1. The number of hydrogen-bond acceptors (Lipinski definition) is 3. The van der Waals surface area contributed by atoms with Gasteiger partial charge in [0.2, 0.25) is 5.91 Å². The van der Waals surface area contributed by atoms with Crippen molar-refractivity contribution < 1.29 is 9.90 Å². The Kier molecular flexibility index (Phi) is 3.50. The van der Waals surface area contributed by atoms with Gasteiger partial charge >= 0.3 is 0 Å². The molecule has 4 nitrogen and oxygen atoms in total. The second-order valence-electron chi connectivity index (χ2n) is 5.32. The van der Waals surface area contributed by atoms with Crippen LogP contribution in [-0.4, -0.2) is 29.2 Å². The van der Waals surface area contributed by atoms with Crippen LogP contribution in [0.15, 0.2) is 0 Å². The summed E-state index contributed by atoms with van der Waals surface area (Å²) in [5.74, 6) is 0.226. The van der Waals surface area contributed by atoms with E-state index in [1.165, 1.54) is 0 Å². The van der Waals surface area contributed by atoms with E-state index in [0.717, 1.165) is 44.9 Å². The summed E-state index contributed by atoms with van der Waals surface area (Å²) < 4.78 is 0. The van der Waals surface area contributed by atoms with Crippen molar-refractivity contribution in [1.29, 1.82) is 0 Å². The molecule has 0 aliphatic heterocycles. The zero-order valence-corrected chi connectivity index (χ0v) is 9.74. The van der Waals surface area contributed by atoms with E-state index in [2.05, 4.69) is 5.32 Å². The van der Waals surface area contributed by atoms with E-state index in [-0.39, 0.29) is 24.5 Å². The maximum absolute atomic E-state index is 12.1.